The predicted octanol–water partition coefficient (Wildman–Crippen LogP) is 1.38. The molecule has 2 amide bonds. The van der Waals surface area contributed by atoms with Gasteiger partial charge in [-0.05, 0) is 37.3 Å². The van der Waals surface area contributed by atoms with E-state index in [1.165, 1.54) is 6.20 Å². The molecule has 158 valence electrons. The molecule has 5 heterocycles. The average molecular weight is 410 g/mol. The zero-order chi connectivity index (χ0) is 20.8. The smallest absolute Gasteiger partial charge is 0.354 e. The SMILES string of the molecule is O=C(O)c1cc(N2C[C@H]3C[C@@H](C2)[C@H](C(=O)N2CC=CC2)N2C(=O)CCC[C@@H]32)ccn1. The molecule has 0 aliphatic carbocycles. The molecule has 1 aromatic heterocycles. The molecule has 4 atom stereocenters. The molecule has 30 heavy (non-hydrogen) atoms. The number of carbonyl (C=O) groups is 3. The van der Waals surface area contributed by atoms with Gasteiger partial charge in [-0.1, -0.05) is 12.2 Å². The van der Waals surface area contributed by atoms with Crippen LogP contribution in [0, 0.1) is 11.8 Å². The van der Waals surface area contributed by atoms with Crippen molar-refractivity contribution in [3.63, 3.8) is 0 Å². The Morgan fingerprint density at radius 1 is 1.13 bits per heavy atom. The topological polar surface area (TPSA) is 94.0 Å². The largest absolute Gasteiger partial charge is 0.477 e. The number of hydrogen-bond donors (Lipinski definition) is 1. The summed E-state index contributed by atoms with van der Waals surface area (Å²) in [7, 11) is 0. The average Bonchev–Trinajstić information content (AvgIpc) is 3.29. The highest BCUT2D eigenvalue weighted by Gasteiger charge is 2.52. The molecule has 4 aliphatic rings. The Kier molecular flexibility index (Phi) is 4.72. The van der Waals surface area contributed by atoms with Crippen LogP contribution < -0.4 is 4.90 Å². The number of pyridine rings is 1. The van der Waals surface area contributed by atoms with Gasteiger partial charge >= 0.3 is 5.97 Å². The van der Waals surface area contributed by atoms with Gasteiger partial charge in [-0.25, -0.2) is 9.78 Å². The van der Waals surface area contributed by atoms with Crippen LogP contribution in [0.3, 0.4) is 0 Å². The van der Waals surface area contributed by atoms with Crippen LogP contribution >= 0.6 is 0 Å². The predicted molar refractivity (Wildman–Crippen MR) is 109 cm³/mol. The molecule has 4 aliphatic heterocycles. The number of hydrogen-bond acceptors (Lipinski definition) is 5. The van der Waals surface area contributed by atoms with Gasteiger partial charge in [0.15, 0.2) is 0 Å². The van der Waals surface area contributed by atoms with Crippen LogP contribution in [0.1, 0.15) is 36.2 Å². The number of aromatic carboxylic acids is 1. The zero-order valence-electron chi connectivity index (χ0n) is 16.8. The van der Waals surface area contributed by atoms with Crippen molar-refractivity contribution >= 4 is 23.5 Å². The Bertz CT molecular complexity index is 908. The molecule has 0 saturated carbocycles. The lowest BCUT2D eigenvalue weighted by molar-refractivity contribution is -0.160. The van der Waals surface area contributed by atoms with Crippen molar-refractivity contribution < 1.29 is 19.5 Å². The van der Waals surface area contributed by atoms with Gasteiger partial charge in [-0.3, -0.25) is 9.59 Å². The third-order valence-corrected chi connectivity index (χ3v) is 7.05. The fraction of sp³-hybridized carbons (Fsp3) is 0.545. The summed E-state index contributed by atoms with van der Waals surface area (Å²) in [4.78, 5) is 47.6. The van der Waals surface area contributed by atoms with Crippen LogP contribution in [0.2, 0.25) is 0 Å². The van der Waals surface area contributed by atoms with Gasteiger partial charge in [0, 0.05) is 56.4 Å². The highest BCUT2D eigenvalue weighted by molar-refractivity contribution is 5.89. The first-order valence-electron chi connectivity index (χ1n) is 10.7. The quantitative estimate of drug-likeness (QED) is 0.757. The van der Waals surface area contributed by atoms with E-state index in [9.17, 15) is 19.5 Å². The summed E-state index contributed by atoms with van der Waals surface area (Å²) < 4.78 is 0. The summed E-state index contributed by atoms with van der Waals surface area (Å²) >= 11 is 0. The number of fused-ring (bicyclic) bond motifs is 4. The Balaban J connectivity index is 1.47. The number of carbonyl (C=O) groups excluding carboxylic acids is 2. The van der Waals surface area contributed by atoms with E-state index < -0.39 is 12.0 Å². The first kappa shape index (κ1) is 19.1. The maximum Gasteiger partial charge on any atom is 0.354 e. The second kappa shape index (κ2) is 7.41. The van der Waals surface area contributed by atoms with E-state index in [2.05, 4.69) is 9.88 Å². The van der Waals surface area contributed by atoms with Gasteiger partial charge in [0.1, 0.15) is 11.7 Å². The molecule has 3 fully saturated rings. The van der Waals surface area contributed by atoms with Gasteiger partial charge in [0.05, 0.1) is 0 Å². The van der Waals surface area contributed by atoms with E-state index in [1.54, 1.807) is 6.07 Å². The lowest BCUT2D eigenvalue weighted by atomic mass is 9.71. The lowest BCUT2D eigenvalue weighted by Gasteiger charge is -2.56. The number of carboxylic acid groups (broad SMARTS) is 1. The first-order valence-corrected chi connectivity index (χ1v) is 10.7. The van der Waals surface area contributed by atoms with Crippen LogP contribution in [-0.4, -0.2) is 75.9 Å². The Morgan fingerprint density at radius 2 is 1.90 bits per heavy atom. The van der Waals surface area contributed by atoms with Crippen molar-refractivity contribution in [1.82, 2.24) is 14.8 Å². The van der Waals surface area contributed by atoms with Crippen LogP contribution in [0.5, 0.6) is 0 Å². The van der Waals surface area contributed by atoms with E-state index in [0.717, 1.165) is 31.5 Å². The van der Waals surface area contributed by atoms with Crippen molar-refractivity contribution in [2.75, 3.05) is 31.1 Å². The number of anilines is 1. The third-order valence-electron chi connectivity index (χ3n) is 7.05. The molecule has 0 aromatic carbocycles. The van der Waals surface area contributed by atoms with Gasteiger partial charge < -0.3 is 19.8 Å². The molecular formula is C22H26N4O4. The van der Waals surface area contributed by atoms with Gasteiger partial charge in [-0.2, -0.15) is 0 Å². The Hall–Kier alpha value is -2.90. The molecule has 0 spiro atoms. The second-order valence-corrected chi connectivity index (χ2v) is 8.79. The molecule has 1 aromatic rings. The van der Waals surface area contributed by atoms with Crippen LogP contribution in [-0.2, 0) is 9.59 Å². The normalized spacial score (nSPS) is 30.4. The molecule has 5 rings (SSSR count). The monoisotopic (exact) mass is 410 g/mol. The van der Waals surface area contributed by atoms with E-state index in [4.69, 9.17) is 0 Å². The highest BCUT2D eigenvalue weighted by Crippen LogP contribution is 2.43. The molecule has 8 heteroatoms. The summed E-state index contributed by atoms with van der Waals surface area (Å²) in [6.07, 6.45) is 8.76. The summed E-state index contributed by atoms with van der Waals surface area (Å²) in [6, 6.07) is 3.09. The Morgan fingerprint density at radius 3 is 2.67 bits per heavy atom. The maximum absolute atomic E-state index is 13.5. The summed E-state index contributed by atoms with van der Waals surface area (Å²) in [5, 5.41) is 9.31. The molecule has 2 bridgehead atoms. The molecule has 1 N–H and O–H groups in total. The molecule has 0 unspecified atom stereocenters. The third kappa shape index (κ3) is 3.14. The van der Waals surface area contributed by atoms with Crippen molar-refractivity contribution in [2.24, 2.45) is 11.8 Å². The highest BCUT2D eigenvalue weighted by atomic mass is 16.4. The minimum absolute atomic E-state index is 0.0217. The molecule has 0 radical (unpaired) electrons. The molecule has 8 nitrogen and oxygen atoms in total. The second-order valence-electron chi connectivity index (χ2n) is 8.79. The summed E-state index contributed by atoms with van der Waals surface area (Å²) in [5.41, 5.74) is 0.843. The number of piperidine rings is 3. The summed E-state index contributed by atoms with van der Waals surface area (Å²) in [5.74, 6) is -0.567. The summed E-state index contributed by atoms with van der Waals surface area (Å²) in [6.45, 7) is 2.61. The fourth-order valence-electron chi connectivity index (χ4n) is 5.76. The van der Waals surface area contributed by atoms with Crippen molar-refractivity contribution in [3.8, 4) is 0 Å². The van der Waals surface area contributed by atoms with Crippen LogP contribution in [0.4, 0.5) is 5.69 Å². The van der Waals surface area contributed by atoms with Gasteiger partial charge in [-0.15, -0.1) is 0 Å². The molecular weight excluding hydrogens is 384 g/mol. The number of nitrogens with zero attached hydrogens (tertiary/aromatic N) is 4. The number of amides is 2. The van der Waals surface area contributed by atoms with Crippen LogP contribution in [0.25, 0.3) is 0 Å². The Labute approximate surface area is 175 Å². The van der Waals surface area contributed by atoms with E-state index in [0.29, 0.717) is 26.1 Å². The van der Waals surface area contributed by atoms with Gasteiger partial charge in [0.2, 0.25) is 11.8 Å². The van der Waals surface area contributed by atoms with Crippen molar-refractivity contribution in [1.29, 1.82) is 0 Å². The zero-order valence-corrected chi connectivity index (χ0v) is 16.8. The van der Waals surface area contributed by atoms with E-state index >= 15 is 0 Å². The van der Waals surface area contributed by atoms with E-state index in [-0.39, 0.29) is 35.4 Å². The fourth-order valence-corrected chi connectivity index (χ4v) is 5.76. The first-order chi connectivity index (χ1) is 14.5. The lowest BCUT2D eigenvalue weighted by Crippen LogP contribution is -2.68. The van der Waals surface area contributed by atoms with Crippen molar-refractivity contribution in [2.45, 2.75) is 37.8 Å². The van der Waals surface area contributed by atoms with Crippen molar-refractivity contribution in [3.05, 3.63) is 36.2 Å². The minimum atomic E-state index is -1.05. The maximum atomic E-state index is 13.5. The standard InChI is InChI=1S/C22H26N4O4/c27-19-5-3-4-18-14-10-15(20(26(18)19)21(28)24-8-1-2-9-24)13-25(12-14)16-6-7-23-17(11-16)22(29)30/h1-2,6-7,11,14-15,18,20H,3-5,8-10,12-13H2,(H,29,30)/t14-,15+,18+,20-/m1/s1. The van der Waals surface area contributed by atoms with Crippen LogP contribution in [0.15, 0.2) is 30.5 Å². The number of carboxylic acids is 1. The minimum Gasteiger partial charge on any atom is -0.477 e. The number of aromatic nitrogens is 1. The molecule has 3 saturated heterocycles. The van der Waals surface area contributed by atoms with Gasteiger partial charge in [0.25, 0.3) is 0 Å². The number of rotatable bonds is 3. The van der Waals surface area contributed by atoms with E-state index in [1.807, 2.05) is 28.0 Å².